The van der Waals surface area contributed by atoms with E-state index in [2.05, 4.69) is 34.7 Å². The number of ether oxygens (including phenoxy) is 1. The third kappa shape index (κ3) is 5.34. The molecule has 1 saturated heterocycles. The largest absolute Gasteiger partial charge is 0.444 e. The van der Waals surface area contributed by atoms with E-state index in [0.717, 1.165) is 23.1 Å². The van der Waals surface area contributed by atoms with Crippen molar-refractivity contribution in [2.75, 3.05) is 19.6 Å². The average Bonchev–Trinajstić information content (AvgIpc) is 2.70. The van der Waals surface area contributed by atoms with E-state index in [1.807, 2.05) is 55.4 Å². The van der Waals surface area contributed by atoms with Gasteiger partial charge in [-0.1, -0.05) is 29.3 Å². The van der Waals surface area contributed by atoms with Gasteiger partial charge in [-0.05, 0) is 59.2 Å². The normalized spacial score (nSPS) is 18.7. The second-order valence-corrected chi connectivity index (χ2v) is 10.4. The molecule has 2 atom stereocenters. The third-order valence-electron chi connectivity index (χ3n) is 5.85. The van der Waals surface area contributed by atoms with Crippen LogP contribution in [0, 0.1) is 0 Å². The van der Waals surface area contributed by atoms with Gasteiger partial charge < -0.3 is 9.64 Å². The lowest BCUT2D eigenvalue weighted by atomic mass is 10.0. The van der Waals surface area contributed by atoms with Gasteiger partial charge in [-0.25, -0.2) is 9.78 Å². The third-order valence-corrected chi connectivity index (χ3v) is 6.34. The lowest BCUT2D eigenvalue weighted by molar-refractivity contribution is -0.00620. The molecule has 32 heavy (non-hydrogen) atoms. The monoisotopic (exact) mass is 506 g/mol. The second kappa shape index (κ2) is 9.91. The van der Waals surface area contributed by atoms with Crippen molar-refractivity contribution in [1.29, 1.82) is 0 Å². The van der Waals surface area contributed by atoms with Gasteiger partial charge in [-0.15, -0.1) is 0 Å². The van der Waals surface area contributed by atoms with Gasteiger partial charge in [-0.3, -0.25) is 14.3 Å². The Labute approximate surface area is 198 Å². The fourth-order valence-corrected chi connectivity index (χ4v) is 4.73. The molecule has 0 saturated carbocycles. The zero-order chi connectivity index (χ0) is 23.6. The molecule has 1 aromatic heterocycles. The fourth-order valence-electron chi connectivity index (χ4n) is 4.38. The lowest BCUT2D eigenvalue weighted by Crippen LogP contribution is -2.56. The Morgan fingerprint density at radius 1 is 1.28 bits per heavy atom. The molecule has 2 unspecified atom stereocenters. The quantitative estimate of drug-likeness (QED) is 0.572. The molecule has 0 bridgehead atoms. The molecular weight excluding hydrogens is 472 g/mol. The summed E-state index contributed by atoms with van der Waals surface area (Å²) in [5.74, 6) is 0.808. The van der Waals surface area contributed by atoms with Crippen LogP contribution in [-0.4, -0.2) is 56.7 Å². The van der Waals surface area contributed by atoms with Crippen LogP contribution in [0.1, 0.15) is 66.3 Å². The molecule has 2 aromatic rings. The van der Waals surface area contributed by atoms with Crippen molar-refractivity contribution in [1.82, 2.24) is 19.4 Å². The number of hydrogen-bond donors (Lipinski definition) is 0. The zero-order valence-electron chi connectivity index (χ0n) is 20.0. The van der Waals surface area contributed by atoms with E-state index >= 15 is 0 Å². The second-order valence-electron chi connectivity index (χ2n) is 9.50. The van der Waals surface area contributed by atoms with Gasteiger partial charge in [0, 0.05) is 36.7 Å². The molecule has 1 aliphatic heterocycles. The Bertz CT molecular complexity index is 1030. The highest BCUT2D eigenvalue weighted by Gasteiger charge is 2.35. The van der Waals surface area contributed by atoms with Crippen LogP contribution < -0.4 is 5.56 Å². The molecule has 176 valence electrons. The average molecular weight is 507 g/mol. The summed E-state index contributed by atoms with van der Waals surface area (Å²) in [5.41, 5.74) is 0.200. The number of halogens is 1. The molecular formula is C24H35BrN4O3. The van der Waals surface area contributed by atoms with Crippen molar-refractivity contribution in [3.8, 4) is 0 Å². The van der Waals surface area contributed by atoms with Crippen LogP contribution in [0.3, 0.4) is 0 Å². The minimum Gasteiger partial charge on any atom is -0.444 e. The number of amides is 1. The summed E-state index contributed by atoms with van der Waals surface area (Å²) in [6.07, 6.45) is 1.60. The number of nitrogens with zero attached hydrogens (tertiary/aromatic N) is 4. The van der Waals surface area contributed by atoms with Crippen molar-refractivity contribution in [3.63, 3.8) is 0 Å². The molecule has 0 N–H and O–H groups in total. The van der Waals surface area contributed by atoms with E-state index in [9.17, 15) is 9.59 Å². The standard InChI is InChI=1S/C24H35BrN4O3/c1-7-9-20(27-12-13-29(16(3)15-27)23(31)32-24(4,5)6)21-26-19-14-17(25)10-11-18(19)22(30)28(21)8-2/h10-11,14,16,20H,7-9,12-13,15H2,1-6H3. The molecule has 1 aliphatic rings. The highest BCUT2D eigenvalue weighted by molar-refractivity contribution is 9.10. The molecule has 7 nitrogen and oxygen atoms in total. The van der Waals surface area contributed by atoms with Crippen LogP contribution in [0.15, 0.2) is 27.5 Å². The number of carbonyl (C=O) groups is 1. The zero-order valence-corrected chi connectivity index (χ0v) is 21.6. The predicted molar refractivity (Wildman–Crippen MR) is 131 cm³/mol. The number of aromatic nitrogens is 2. The van der Waals surface area contributed by atoms with Gasteiger partial charge in [0.2, 0.25) is 0 Å². The van der Waals surface area contributed by atoms with Crippen LogP contribution in [0.5, 0.6) is 0 Å². The summed E-state index contributed by atoms with van der Waals surface area (Å²) in [4.78, 5) is 35.0. The predicted octanol–water partition coefficient (Wildman–Crippen LogP) is 4.96. The van der Waals surface area contributed by atoms with Crippen LogP contribution in [0.4, 0.5) is 4.79 Å². The molecule has 0 radical (unpaired) electrons. The highest BCUT2D eigenvalue weighted by atomic mass is 79.9. The Hall–Kier alpha value is -1.93. The van der Waals surface area contributed by atoms with E-state index < -0.39 is 5.60 Å². The van der Waals surface area contributed by atoms with Crippen molar-refractivity contribution < 1.29 is 9.53 Å². The number of hydrogen-bond acceptors (Lipinski definition) is 5. The molecule has 8 heteroatoms. The van der Waals surface area contributed by atoms with Crippen molar-refractivity contribution in [2.45, 2.75) is 78.6 Å². The van der Waals surface area contributed by atoms with E-state index in [4.69, 9.17) is 9.72 Å². The number of fused-ring (bicyclic) bond motifs is 1. The molecule has 1 fully saturated rings. The molecule has 3 rings (SSSR count). The van der Waals surface area contributed by atoms with Crippen LogP contribution in [-0.2, 0) is 11.3 Å². The molecule has 0 spiro atoms. The first-order chi connectivity index (χ1) is 15.1. The molecule has 0 aliphatic carbocycles. The van der Waals surface area contributed by atoms with Gasteiger partial charge in [0.25, 0.3) is 5.56 Å². The Kier molecular flexibility index (Phi) is 7.65. The minimum absolute atomic E-state index is 0.00143. The highest BCUT2D eigenvalue weighted by Crippen LogP contribution is 2.29. The lowest BCUT2D eigenvalue weighted by Gasteiger charge is -2.43. The fraction of sp³-hybridized carbons (Fsp3) is 0.625. The molecule has 2 heterocycles. The summed E-state index contributed by atoms with van der Waals surface area (Å²) in [6.45, 7) is 14.4. The first kappa shape index (κ1) is 24.7. The van der Waals surface area contributed by atoms with Gasteiger partial charge in [0.05, 0.1) is 16.9 Å². The maximum absolute atomic E-state index is 13.2. The summed E-state index contributed by atoms with van der Waals surface area (Å²) in [6, 6.07) is 5.65. The van der Waals surface area contributed by atoms with Gasteiger partial charge >= 0.3 is 6.09 Å². The van der Waals surface area contributed by atoms with Crippen LogP contribution >= 0.6 is 15.9 Å². The summed E-state index contributed by atoms with van der Waals surface area (Å²) in [7, 11) is 0. The smallest absolute Gasteiger partial charge is 0.410 e. The van der Waals surface area contributed by atoms with E-state index in [-0.39, 0.29) is 23.7 Å². The van der Waals surface area contributed by atoms with Gasteiger partial charge in [-0.2, -0.15) is 0 Å². The van der Waals surface area contributed by atoms with E-state index in [1.165, 1.54) is 0 Å². The summed E-state index contributed by atoms with van der Waals surface area (Å²) < 4.78 is 8.31. The van der Waals surface area contributed by atoms with Crippen molar-refractivity contribution in [3.05, 3.63) is 38.9 Å². The number of carbonyl (C=O) groups excluding carboxylic acids is 1. The van der Waals surface area contributed by atoms with Crippen LogP contribution in [0.25, 0.3) is 10.9 Å². The Morgan fingerprint density at radius 3 is 2.59 bits per heavy atom. The van der Waals surface area contributed by atoms with Gasteiger partial charge in [0.15, 0.2) is 0 Å². The van der Waals surface area contributed by atoms with Crippen LogP contribution in [0.2, 0.25) is 0 Å². The van der Waals surface area contributed by atoms with Gasteiger partial charge in [0.1, 0.15) is 11.4 Å². The maximum Gasteiger partial charge on any atom is 0.410 e. The Morgan fingerprint density at radius 2 is 2.00 bits per heavy atom. The number of benzene rings is 1. The number of piperazine rings is 1. The SMILES string of the molecule is CCCC(c1nc2cc(Br)ccc2c(=O)n1CC)N1CCN(C(=O)OC(C)(C)C)C(C)C1. The van der Waals surface area contributed by atoms with Crippen molar-refractivity contribution in [2.24, 2.45) is 0 Å². The topological polar surface area (TPSA) is 67.7 Å². The summed E-state index contributed by atoms with van der Waals surface area (Å²) in [5, 5.41) is 0.636. The maximum atomic E-state index is 13.2. The summed E-state index contributed by atoms with van der Waals surface area (Å²) >= 11 is 3.50. The Balaban J connectivity index is 1.93. The van der Waals surface area contributed by atoms with E-state index in [0.29, 0.717) is 37.1 Å². The molecule has 1 aromatic carbocycles. The van der Waals surface area contributed by atoms with E-state index in [1.54, 1.807) is 0 Å². The first-order valence-corrected chi connectivity index (χ1v) is 12.3. The minimum atomic E-state index is -0.515. The number of rotatable bonds is 5. The first-order valence-electron chi connectivity index (χ1n) is 11.5. The van der Waals surface area contributed by atoms with Crippen molar-refractivity contribution >= 4 is 32.9 Å². The molecule has 1 amide bonds.